The number of nitrogens with zero attached hydrogens (tertiary/aromatic N) is 2. The number of hydrogen-bond donors (Lipinski definition) is 2. The van der Waals surface area contributed by atoms with Gasteiger partial charge in [-0.05, 0) is 55.3 Å². The number of carbonyl (C=O) groups excluding carboxylic acids is 1. The summed E-state index contributed by atoms with van der Waals surface area (Å²) in [6, 6.07) is 14.7. The molecule has 0 bridgehead atoms. The molecule has 2 aromatic carbocycles. The Hall–Kier alpha value is -3.12. The standard InChI is InChI=1S/C21H21ClN4O2/c1-13-4-7-16(11-18(13)22)25-21-24-14(2)10-19(26-21)20(27)23-12-15-5-8-17(28-3)9-6-15/h4-11H,12H2,1-3H3,(H,23,27)(H,24,25,26). The lowest BCUT2D eigenvalue weighted by Crippen LogP contribution is -2.24. The Labute approximate surface area is 168 Å². The minimum absolute atomic E-state index is 0.272. The van der Waals surface area contributed by atoms with Gasteiger partial charge in [0.15, 0.2) is 0 Å². The summed E-state index contributed by atoms with van der Waals surface area (Å²) in [5.74, 6) is 0.842. The van der Waals surface area contributed by atoms with E-state index in [1.807, 2.05) is 50.2 Å². The fourth-order valence-corrected chi connectivity index (χ4v) is 2.74. The molecule has 1 aromatic heterocycles. The third-order valence-corrected chi connectivity index (χ3v) is 4.53. The summed E-state index contributed by atoms with van der Waals surface area (Å²) in [4.78, 5) is 21.2. The van der Waals surface area contributed by atoms with Gasteiger partial charge in [0.1, 0.15) is 11.4 Å². The highest BCUT2D eigenvalue weighted by Gasteiger charge is 2.11. The minimum atomic E-state index is -0.272. The number of rotatable bonds is 6. The van der Waals surface area contributed by atoms with Gasteiger partial charge < -0.3 is 15.4 Å². The molecular weight excluding hydrogens is 376 g/mol. The van der Waals surface area contributed by atoms with E-state index in [1.54, 1.807) is 19.2 Å². The van der Waals surface area contributed by atoms with Crippen molar-refractivity contribution in [2.75, 3.05) is 12.4 Å². The maximum Gasteiger partial charge on any atom is 0.270 e. The van der Waals surface area contributed by atoms with E-state index in [0.29, 0.717) is 28.9 Å². The number of benzene rings is 2. The summed E-state index contributed by atoms with van der Waals surface area (Å²) in [5, 5.41) is 6.61. The molecule has 1 heterocycles. The molecule has 0 radical (unpaired) electrons. The number of carbonyl (C=O) groups is 1. The summed E-state index contributed by atoms with van der Waals surface area (Å²) in [5.41, 5.74) is 3.68. The second-order valence-corrected chi connectivity index (χ2v) is 6.75. The van der Waals surface area contributed by atoms with Gasteiger partial charge in [-0.1, -0.05) is 29.8 Å². The predicted octanol–water partition coefficient (Wildman–Crippen LogP) is 4.43. The molecule has 0 unspecified atom stereocenters. The number of halogens is 1. The van der Waals surface area contributed by atoms with E-state index in [0.717, 1.165) is 22.6 Å². The van der Waals surface area contributed by atoms with Crippen LogP contribution in [0.25, 0.3) is 0 Å². The summed E-state index contributed by atoms with van der Waals surface area (Å²) < 4.78 is 5.13. The highest BCUT2D eigenvalue weighted by Crippen LogP contribution is 2.22. The first kappa shape index (κ1) is 19.6. The van der Waals surface area contributed by atoms with Crippen LogP contribution in [0, 0.1) is 13.8 Å². The fraction of sp³-hybridized carbons (Fsp3) is 0.190. The fourth-order valence-electron chi connectivity index (χ4n) is 2.56. The SMILES string of the molecule is COc1ccc(CNC(=O)c2cc(C)nc(Nc3ccc(C)c(Cl)c3)n2)cc1. The molecule has 2 N–H and O–H groups in total. The molecule has 0 saturated heterocycles. The van der Waals surface area contributed by atoms with Crippen molar-refractivity contribution in [1.82, 2.24) is 15.3 Å². The minimum Gasteiger partial charge on any atom is -0.497 e. The molecule has 0 saturated carbocycles. The Morgan fingerprint density at radius 1 is 1.07 bits per heavy atom. The number of nitrogens with one attached hydrogen (secondary N) is 2. The van der Waals surface area contributed by atoms with Crippen LogP contribution in [0.1, 0.15) is 27.3 Å². The molecule has 3 aromatic rings. The lowest BCUT2D eigenvalue weighted by molar-refractivity contribution is 0.0945. The molecule has 6 nitrogen and oxygen atoms in total. The van der Waals surface area contributed by atoms with E-state index in [-0.39, 0.29) is 5.91 Å². The van der Waals surface area contributed by atoms with Crippen molar-refractivity contribution in [3.8, 4) is 5.75 Å². The number of hydrogen-bond acceptors (Lipinski definition) is 5. The topological polar surface area (TPSA) is 76.1 Å². The second kappa shape index (κ2) is 8.71. The first-order valence-corrected chi connectivity index (χ1v) is 9.12. The average Bonchev–Trinajstić information content (AvgIpc) is 2.69. The van der Waals surface area contributed by atoms with Crippen molar-refractivity contribution >= 4 is 29.1 Å². The highest BCUT2D eigenvalue weighted by atomic mass is 35.5. The molecule has 28 heavy (non-hydrogen) atoms. The van der Waals surface area contributed by atoms with Gasteiger partial charge >= 0.3 is 0 Å². The quantitative estimate of drug-likeness (QED) is 0.644. The van der Waals surface area contributed by atoms with Gasteiger partial charge in [-0.2, -0.15) is 0 Å². The molecule has 7 heteroatoms. The van der Waals surface area contributed by atoms with Crippen LogP contribution in [0.15, 0.2) is 48.5 Å². The van der Waals surface area contributed by atoms with Crippen molar-refractivity contribution in [2.24, 2.45) is 0 Å². The van der Waals surface area contributed by atoms with Crippen molar-refractivity contribution < 1.29 is 9.53 Å². The number of methoxy groups -OCH3 is 1. The van der Waals surface area contributed by atoms with Crippen molar-refractivity contribution in [3.05, 3.63) is 76.1 Å². The molecule has 3 rings (SSSR count). The highest BCUT2D eigenvalue weighted by molar-refractivity contribution is 6.31. The maximum absolute atomic E-state index is 12.5. The van der Waals surface area contributed by atoms with Crippen LogP contribution in [-0.4, -0.2) is 23.0 Å². The van der Waals surface area contributed by atoms with Crippen LogP contribution >= 0.6 is 11.6 Å². The van der Waals surface area contributed by atoms with Crippen molar-refractivity contribution in [1.29, 1.82) is 0 Å². The largest absolute Gasteiger partial charge is 0.497 e. The molecule has 0 atom stereocenters. The third-order valence-electron chi connectivity index (χ3n) is 4.13. The van der Waals surface area contributed by atoms with Crippen molar-refractivity contribution in [2.45, 2.75) is 20.4 Å². The summed E-state index contributed by atoms with van der Waals surface area (Å²) in [6.07, 6.45) is 0. The molecule has 1 amide bonds. The zero-order valence-electron chi connectivity index (χ0n) is 15.9. The van der Waals surface area contributed by atoms with Crippen LogP contribution in [-0.2, 0) is 6.54 Å². The smallest absolute Gasteiger partial charge is 0.270 e. The van der Waals surface area contributed by atoms with E-state index < -0.39 is 0 Å². The number of aryl methyl sites for hydroxylation is 2. The first-order valence-electron chi connectivity index (χ1n) is 8.74. The Balaban J connectivity index is 1.70. The Kier molecular flexibility index (Phi) is 6.11. The lowest BCUT2D eigenvalue weighted by atomic mass is 10.2. The van der Waals surface area contributed by atoms with Gasteiger partial charge in [0, 0.05) is 22.9 Å². The van der Waals surface area contributed by atoms with Gasteiger partial charge in [0.05, 0.1) is 7.11 Å². The van der Waals surface area contributed by atoms with E-state index in [2.05, 4.69) is 20.6 Å². The molecule has 0 aliphatic heterocycles. The van der Waals surface area contributed by atoms with Gasteiger partial charge in [-0.3, -0.25) is 4.79 Å². The lowest BCUT2D eigenvalue weighted by Gasteiger charge is -2.10. The Morgan fingerprint density at radius 3 is 2.50 bits per heavy atom. The Morgan fingerprint density at radius 2 is 1.82 bits per heavy atom. The molecule has 144 valence electrons. The molecular formula is C21H21ClN4O2. The van der Waals surface area contributed by atoms with Crippen LogP contribution < -0.4 is 15.4 Å². The Bertz CT molecular complexity index is 990. The van der Waals surface area contributed by atoms with Gasteiger partial charge in [0.2, 0.25) is 5.95 Å². The van der Waals surface area contributed by atoms with Crippen LogP contribution in [0.3, 0.4) is 0 Å². The van der Waals surface area contributed by atoms with Gasteiger partial charge in [-0.25, -0.2) is 9.97 Å². The first-order chi connectivity index (χ1) is 13.4. The molecule has 0 aliphatic carbocycles. The van der Waals surface area contributed by atoms with E-state index in [1.165, 1.54) is 0 Å². The maximum atomic E-state index is 12.5. The molecule has 0 aliphatic rings. The average molecular weight is 397 g/mol. The zero-order chi connectivity index (χ0) is 20.1. The number of amides is 1. The summed E-state index contributed by atoms with van der Waals surface area (Å²) >= 11 is 6.16. The number of anilines is 2. The predicted molar refractivity (Wildman–Crippen MR) is 110 cm³/mol. The molecule has 0 spiro atoms. The normalized spacial score (nSPS) is 10.4. The third kappa shape index (κ3) is 4.98. The van der Waals surface area contributed by atoms with E-state index >= 15 is 0 Å². The van der Waals surface area contributed by atoms with E-state index in [4.69, 9.17) is 16.3 Å². The van der Waals surface area contributed by atoms with Crippen LogP contribution in [0.5, 0.6) is 5.75 Å². The van der Waals surface area contributed by atoms with Crippen LogP contribution in [0.4, 0.5) is 11.6 Å². The van der Waals surface area contributed by atoms with Gasteiger partial charge in [0.25, 0.3) is 5.91 Å². The summed E-state index contributed by atoms with van der Waals surface area (Å²) in [7, 11) is 1.62. The van der Waals surface area contributed by atoms with Crippen LogP contribution in [0.2, 0.25) is 5.02 Å². The number of ether oxygens (including phenoxy) is 1. The van der Waals surface area contributed by atoms with E-state index in [9.17, 15) is 4.79 Å². The van der Waals surface area contributed by atoms with Crippen molar-refractivity contribution in [3.63, 3.8) is 0 Å². The monoisotopic (exact) mass is 396 g/mol. The zero-order valence-corrected chi connectivity index (χ0v) is 16.7. The summed E-state index contributed by atoms with van der Waals surface area (Å²) in [6.45, 7) is 4.14. The second-order valence-electron chi connectivity index (χ2n) is 6.34. The molecule has 0 fully saturated rings. The van der Waals surface area contributed by atoms with Gasteiger partial charge in [-0.15, -0.1) is 0 Å². The number of aromatic nitrogens is 2.